The molecule has 0 unspecified atom stereocenters. The van der Waals surface area contributed by atoms with Crippen molar-refractivity contribution in [3.63, 3.8) is 0 Å². The quantitative estimate of drug-likeness (QED) is 0.685. The molecular weight excluding hydrogens is 176 g/mol. The van der Waals surface area contributed by atoms with Crippen LogP contribution in [0.2, 0.25) is 0 Å². The molecule has 0 saturated carbocycles. The zero-order valence-electron chi connectivity index (χ0n) is 8.92. The summed E-state index contributed by atoms with van der Waals surface area (Å²) in [7, 11) is 0. The van der Waals surface area contributed by atoms with Crippen molar-refractivity contribution < 1.29 is 0 Å². The van der Waals surface area contributed by atoms with E-state index in [0.717, 1.165) is 34.0 Å². The predicted octanol–water partition coefficient (Wildman–Crippen LogP) is 1.55. The second-order valence-corrected chi connectivity index (χ2v) is 3.63. The van der Waals surface area contributed by atoms with Gasteiger partial charge in [0.25, 0.3) is 0 Å². The van der Waals surface area contributed by atoms with E-state index in [9.17, 15) is 0 Å². The number of nitrogen functional groups attached to an aromatic ring is 1. The van der Waals surface area contributed by atoms with E-state index in [-0.39, 0.29) is 0 Å². The number of nitrogens with zero attached hydrogens (tertiary/aromatic N) is 3. The summed E-state index contributed by atoms with van der Waals surface area (Å²) < 4.78 is 1.81. The fraction of sp³-hybridized carbons (Fsp3) is 0.400. The summed E-state index contributed by atoms with van der Waals surface area (Å²) in [5.74, 6) is 0.878. The molecule has 74 valence electrons. The minimum absolute atomic E-state index is 0.760. The van der Waals surface area contributed by atoms with Crippen LogP contribution in [-0.4, -0.2) is 14.6 Å². The fourth-order valence-electron chi connectivity index (χ4n) is 1.68. The van der Waals surface area contributed by atoms with Crippen molar-refractivity contribution in [1.82, 2.24) is 14.6 Å². The Morgan fingerprint density at radius 1 is 1.07 bits per heavy atom. The molecule has 2 rings (SSSR count). The van der Waals surface area contributed by atoms with Crippen LogP contribution in [0.5, 0.6) is 0 Å². The van der Waals surface area contributed by atoms with Crippen LogP contribution in [0.3, 0.4) is 0 Å². The lowest BCUT2D eigenvalue weighted by Gasteiger charge is -2.05. The highest BCUT2D eigenvalue weighted by molar-refractivity contribution is 5.76. The Labute approximate surface area is 82.8 Å². The molecule has 0 spiro atoms. The Balaban J connectivity index is 3.03. The normalized spacial score (nSPS) is 11.1. The molecule has 2 aromatic heterocycles. The maximum atomic E-state index is 5.97. The second kappa shape index (κ2) is 2.70. The van der Waals surface area contributed by atoms with Gasteiger partial charge in [-0.2, -0.15) is 5.10 Å². The van der Waals surface area contributed by atoms with Crippen molar-refractivity contribution in [3.8, 4) is 0 Å². The molecule has 0 radical (unpaired) electrons. The third-order valence-electron chi connectivity index (χ3n) is 2.64. The lowest BCUT2D eigenvalue weighted by molar-refractivity contribution is 0.832. The second-order valence-electron chi connectivity index (χ2n) is 3.63. The van der Waals surface area contributed by atoms with Gasteiger partial charge in [0.2, 0.25) is 0 Å². The first-order chi connectivity index (χ1) is 6.52. The highest BCUT2D eigenvalue weighted by Gasteiger charge is 2.12. The van der Waals surface area contributed by atoms with Crippen molar-refractivity contribution in [2.24, 2.45) is 0 Å². The van der Waals surface area contributed by atoms with Crippen LogP contribution in [0.25, 0.3) is 5.52 Å². The van der Waals surface area contributed by atoms with Gasteiger partial charge in [-0.1, -0.05) is 0 Å². The highest BCUT2D eigenvalue weighted by Crippen LogP contribution is 2.23. The molecule has 2 N–H and O–H groups in total. The lowest BCUT2D eigenvalue weighted by Crippen LogP contribution is -2.02. The molecule has 0 fully saturated rings. The van der Waals surface area contributed by atoms with E-state index in [4.69, 9.17) is 5.73 Å². The van der Waals surface area contributed by atoms with Crippen LogP contribution in [0, 0.1) is 27.7 Å². The Morgan fingerprint density at radius 3 is 2.36 bits per heavy atom. The number of aromatic nitrogens is 3. The third-order valence-corrected chi connectivity index (χ3v) is 2.64. The summed E-state index contributed by atoms with van der Waals surface area (Å²) in [6.07, 6.45) is 0. The van der Waals surface area contributed by atoms with Crippen LogP contribution in [0.15, 0.2) is 0 Å². The number of aryl methyl sites for hydroxylation is 4. The number of rotatable bonds is 0. The summed E-state index contributed by atoms with van der Waals surface area (Å²) in [5.41, 5.74) is 10.7. The molecule has 0 aliphatic rings. The Morgan fingerprint density at radius 2 is 1.71 bits per heavy atom. The number of hydrogen-bond donors (Lipinski definition) is 1. The summed E-state index contributed by atoms with van der Waals surface area (Å²) in [4.78, 5) is 4.40. The van der Waals surface area contributed by atoms with Crippen LogP contribution >= 0.6 is 0 Å². The van der Waals surface area contributed by atoms with Gasteiger partial charge in [-0.25, -0.2) is 9.50 Å². The first kappa shape index (κ1) is 8.99. The summed E-state index contributed by atoms with van der Waals surface area (Å²) in [6.45, 7) is 7.86. The molecule has 0 aliphatic heterocycles. The smallest absolute Gasteiger partial charge is 0.127 e. The molecule has 0 bridgehead atoms. The van der Waals surface area contributed by atoms with E-state index in [1.807, 2.05) is 32.2 Å². The molecule has 4 nitrogen and oxygen atoms in total. The molecule has 2 aromatic rings. The molecule has 0 amide bonds. The van der Waals surface area contributed by atoms with Gasteiger partial charge < -0.3 is 5.73 Å². The third kappa shape index (κ3) is 0.999. The maximum Gasteiger partial charge on any atom is 0.127 e. The summed E-state index contributed by atoms with van der Waals surface area (Å²) in [6, 6.07) is 0. The van der Waals surface area contributed by atoms with Crippen LogP contribution in [0.4, 0.5) is 5.69 Å². The Hall–Kier alpha value is -1.58. The van der Waals surface area contributed by atoms with E-state index in [0.29, 0.717) is 0 Å². The summed E-state index contributed by atoms with van der Waals surface area (Å²) in [5, 5.41) is 4.34. The molecular formula is C10H14N4. The number of hydrogen-bond acceptors (Lipinski definition) is 3. The molecule has 14 heavy (non-hydrogen) atoms. The van der Waals surface area contributed by atoms with Crippen LogP contribution in [0.1, 0.15) is 22.8 Å². The Bertz CT molecular complexity index is 511. The molecule has 0 saturated heterocycles. The molecule has 4 heteroatoms. The van der Waals surface area contributed by atoms with Crippen LogP contribution in [-0.2, 0) is 0 Å². The standard InChI is InChI=1S/C10H14N4/c1-5-6(2)12-8(4)14-10(5)9(11)7(3)13-14/h11H2,1-4H3. The van der Waals surface area contributed by atoms with E-state index in [2.05, 4.69) is 10.1 Å². The largest absolute Gasteiger partial charge is 0.395 e. The maximum absolute atomic E-state index is 5.97. The molecule has 0 atom stereocenters. The molecule has 2 heterocycles. The first-order valence-electron chi connectivity index (χ1n) is 4.61. The monoisotopic (exact) mass is 190 g/mol. The van der Waals surface area contributed by atoms with Crippen molar-refractivity contribution in [2.75, 3.05) is 5.73 Å². The van der Waals surface area contributed by atoms with E-state index >= 15 is 0 Å². The SMILES string of the molecule is Cc1nc(C)n2nc(C)c(N)c2c1C. The minimum atomic E-state index is 0.760. The van der Waals surface area contributed by atoms with E-state index < -0.39 is 0 Å². The highest BCUT2D eigenvalue weighted by atomic mass is 15.3. The lowest BCUT2D eigenvalue weighted by atomic mass is 10.2. The van der Waals surface area contributed by atoms with E-state index in [1.54, 1.807) is 0 Å². The fourth-order valence-corrected chi connectivity index (χ4v) is 1.68. The number of fused-ring (bicyclic) bond motifs is 1. The van der Waals surface area contributed by atoms with Gasteiger partial charge in [0, 0.05) is 5.69 Å². The summed E-state index contributed by atoms with van der Waals surface area (Å²) >= 11 is 0. The zero-order valence-corrected chi connectivity index (χ0v) is 8.92. The van der Waals surface area contributed by atoms with Gasteiger partial charge >= 0.3 is 0 Å². The van der Waals surface area contributed by atoms with Crippen molar-refractivity contribution >= 4 is 11.2 Å². The van der Waals surface area contributed by atoms with Crippen molar-refractivity contribution in [3.05, 3.63) is 22.8 Å². The van der Waals surface area contributed by atoms with Crippen LogP contribution < -0.4 is 5.73 Å². The van der Waals surface area contributed by atoms with Gasteiger partial charge in [-0.05, 0) is 33.3 Å². The first-order valence-corrected chi connectivity index (χ1v) is 4.61. The Kier molecular flexibility index (Phi) is 1.74. The van der Waals surface area contributed by atoms with Gasteiger partial charge in [-0.15, -0.1) is 0 Å². The van der Waals surface area contributed by atoms with Gasteiger partial charge in [0.1, 0.15) is 5.82 Å². The average molecular weight is 190 g/mol. The van der Waals surface area contributed by atoms with E-state index in [1.165, 1.54) is 0 Å². The molecule has 0 aromatic carbocycles. The van der Waals surface area contributed by atoms with Gasteiger partial charge in [0.15, 0.2) is 0 Å². The average Bonchev–Trinajstić information content (AvgIpc) is 2.41. The van der Waals surface area contributed by atoms with Crippen molar-refractivity contribution in [2.45, 2.75) is 27.7 Å². The number of nitrogens with two attached hydrogens (primary N) is 1. The van der Waals surface area contributed by atoms with Gasteiger partial charge in [0.05, 0.1) is 16.9 Å². The topological polar surface area (TPSA) is 56.2 Å². The molecule has 0 aliphatic carbocycles. The number of anilines is 1. The zero-order chi connectivity index (χ0) is 10.5. The van der Waals surface area contributed by atoms with Crippen molar-refractivity contribution in [1.29, 1.82) is 0 Å². The van der Waals surface area contributed by atoms with Gasteiger partial charge in [-0.3, -0.25) is 0 Å². The minimum Gasteiger partial charge on any atom is -0.395 e. The predicted molar refractivity (Wildman–Crippen MR) is 56.3 cm³/mol.